The van der Waals surface area contributed by atoms with Crippen LogP contribution in [0.5, 0.6) is 28.7 Å². The van der Waals surface area contributed by atoms with Crippen molar-refractivity contribution in [3.8, 4) is 39.9 Å². The number of methoxy groups -OCH3 is 3. The summed E-state index contributed by atoms with van der Waals surface area (Å²) in [5.41, 5.74) is 2.92. The molecule has 30 heavy (non-hydrogen) atoms. The summed E-state index contributed by atoms with van der Waals surface area (Å²) in [4.78, 5) is 12.5. The van der Waals surface area contributed by atoms with Gasteiger partial charge in [-0.05, 0) is 41.3 Å². The summed E-state index contributed by atoms with van der Waals surface area (Å²) in [7, 11) is 4.64. The van der Waals surface area contributed by atoms with E-state index in [9.17, 15) is 9.90 Å². The molecule has 1 aliphatic carbocycles. The molecular weight excluding hydrogens is 392 g/mol. The molecule has 1 fully saturated rings. The number of rotatable bonds is 3. The number of ether oxygens (including phenoxy) is 6. The molecule has 0 saturated carbocycles. The smallest absolute Gasteiger partial charge is 0.309 e. The van der Waals surface area contributed by atoms with Gasteiger partial charge >= 0.3 is 5.97 Å². The van der Waals surface area contributed by atoms with Gasteiger partial charge < -0.3 is 33.5 Å². The Labute approximate surface area is 173 Å². The van der Waals surface area contributed by atoms with Crippen molar-refractivity contribution in [1.29, 1.82) is 0 Å². The summed E-state index contributed by atoms with van der Waals surface area (Å²) in [6, 6.07) is 5.46. The van der Waals surface area contributed by atoms with Crippen molar-refractivity contribution in [2.24, 2.45) is 11.8 Å². The fourth-order valence-corrected chi connectivity index (χ4v) is 4.67. The quantitative estimate of drug-likeness (QED) is 0.766. The molecule has 1 N–H and O–H groups in total. The molecule has 0 spiro atoms. The van der Waals surface area contributed by atoms with E-state index >= 15 is 0 Å². The van der Waals surface area contributed by atoms with Crippen LogP contribution in [-0.2, 0) is 16.0 Å². The van der Waals surface area contributed by atoms with E-state index in [1.807, 2.05) is 12.1 Å². The molecule has 0 bridgehead atoms. The summed E-state index contributed by atoms with van der Waals surface area (Å²) in [5, 5.41) is 11.3. The molecule has 2 aromatic rings. The Kier molecular flexibility index (Phi) is 4.39. The molecule has 2 aliphatic heterocycles. The second-order valence-electron chi connectivity index (χ2n) is 7.52. The number of esters is 1. The van der Waals surface area contributed by atoms with Gasteiger partial charge in [-0.3, -0.25) is 4.79 Å². The second-order valence-corrected chi connectivity index (χ2v) is 7.52. The molecule has 0 aromatic heterocycles. The van der Waals surface area contributed by atoms with E-state index in [-0.39, 0.29) is 25.3 Å². The summed E-state index contributed by atoms with van der Waals surface area (Å²) < 4.78 is 33.3. The topological polar surface area (TPSA) is 92.7 Å². The summed E-state index contributed by atoms with van der Waals surface area (Å²) >= 11 is 0. The third kappa shape index (κ3) is 2.60. The van der Waals surface area contributed by atoms with Gasteiger partial charge in [0.05, 0.1) is 40.0 Å². The van der Waals surface area contributed by atoms with Gasteiger partial charge in [-0.1, -0.05) is 0 Å². The molecule has 3 atom stereocenters. The Balaban J connectivity index is 1.85. The van der Waals surface area contributed by atoms with Gasteiger partial charge in [0, 0.05) is 11.5 Å². The van der Waals surface area contributed by atoms with Crippen molar-refractivity contribution in [2.75, 3.05) is 34.7 Å². The first-order valence-corrected chi connectivity index (χ1v) is 9.67. The molecule has 0 radical (unpaired) electrons. The van der Waals surface area contributed by atoms with Gasteiger partial charge in [0.25, 0.3) is 0 Å². The highest BCUT2D eigenvalue weighted by atomic mass is 16.7. The lowest BCUT2D eigenvalue weighted by atomic mass is 9.76. The van der Waals surface area contributed by atoms with Crippen LogP contribution in [-0.4, -0.2) is 45.8 Å². The molecule has 1 saturated heterocycles. The predicted octanol–water partition coefficient (Wildman–Crippen LogP) is 2.49. The number of aliphatic hydroxyl groups excluding tert-OH is 1. The first-order valence-electron chi connectivity index (χ1n) is 9.67. The molecule has 8 nitrogen and oxygen atoms in total. The van der Waals surface area contributed by atoms with Crippen LogP contribution in [0.25, 0.3) is 11.1 Å². The SMILES string of the molecule is COc1cc2c(c(OC)c1OC)-c1cc3c(cc1[C@@H](O)[C@@H]1COC(=O)[C@@H]1C2)OCO3. The number of carbonyl (C=O) groups excluding carboxylic acids is 1. The Morgan fingerprint density at radius 1 is 0.967 bits per heavy atom. The van der Waals surface area contributed by atoms with Crippen molar-refractivity contribution in [2.45, 2.75) is 12.5 Å². The van der Waals surface area contributed by atoms with E-state index in [4.69, 9.17) is 28.4 Å². The highest BCUT2D eigenvalue weighted by Gasteiger charge is 2.45. The summed E-state index contributed by atoms with van der Waals surface area (Å²) in [5.74, 6) is 1.36. The Morgan fingerprint density at radius 3 is 2.40 bits per heavy atom. The first-order chi connectivity index (χ1) is 14.6. The molecule has 158 valence electrons. The third-order valence-corrected chi connectivity index (χ3v) is 6.13. The van der Waals surface area contributed by atoms with E-state index in [0.717, 1.165) is 16.7 Å². The fourth-order valence-electron chi connectivity index (χ4n) is 4.67. The molecule has 0 unspecified atom stereocenters. The molecule has 2 heterocycles. The van der Waals surface area contributed by atoms with Gasteiger partial charge in [-0.15, -0.1) is 0 Å². The van der Waals surface area contributed by atoms with Crippen LogP contribution in [0, 0.1) is 11.8 Å². The van der Waals surface area contributed by atoms with E-state index in [1.54, 1.807) is 20.3 Å². The van der Waals surface area contributed by atoms with Crippen LogP contribution in [0.3, 0.4) is 0 Å². The van der Waals surface area contributed by atoms with Crippen molar-refractivity contribution < 1.29 is 38.3 Å². The van der Waals surface area contributed by atoms with Gasteiger partial charge in [-0.2, -0.15) is 0 Å². The Morgan fingerprint density at radius 2 is 1.70 bits per heavy atom. The maximum Gasteiger partial charge on any atom is 0.309 e. The van der Waals surface area contributed by atoms with E-state index in [1.165, 1.54) is 7.11 Å². The maximum absolute atomic E-state index is 12.5. The number of benzene rings is 2. The monoisotopic (exact) mass is 414 g/mol. The van der Waals surface area contributed by atoms with Crippen LogP contribution >= 0.6 is 0 Å². The van der Waals surface area contributed by atoms with Gasteiger partial charge in [0.2, 0.25) is 12.5 Å². The van der Waals surface area contributed by atoms with Crippen molar-refractivity contribution >= 4 is 5.97 Å². The number of hydrogen-bond acceptors (Lipinski definition) is 8. The second kappa shape index (κ2) is 6.98. The van der Waals surface area contributed by atoms with Crippen molar-refractivity contribution in [3.05, 3.63) is 29.3 Å². The van der Waals surface area contributed by atoms with Crippen LogP contribution in [0.1, 0.15) is 17.2 Å². The Hall–Kier alpha value is -3.13. The Bertz CT molecular complexity index is 1030. The minimum atomic E-state index is -0.920. The van der Waals surface area contributed by atoms with Gasteiger partial charge in [-0.25, -0.2) is 0 Å². The average Bonchev–Trinajstić information content (AvgIpc) is 3.36. The third-order valence-electron chi connectivity index (χ3n) is 6.13. The summed E-state index contributed by atoms with van der Waals surface area (Å²) in [6.45, 7) is 0.274. The van der Waals surface area contributed by atoms with E-state index in [0.29, 0.717) is 40.7 Å². The average molecular weight is 414 g/mol. The van der Waals surface area contributed by atoms with Gasteiger partial charge in [0.1, 0.15) is 0 Å². The normalized spacial score (nSPS) is 23.5. The van der Waals surface area contributed by atoms with Gasteiger partial charge in [0.15, 0.2) is 23.0 Å². The number of fused-ring (bicyclic) bond motifs is 5. The highest BCUT2D eigenvalue weighted by molar-refractivity contribution is 5.85. The maximum atomic E-state index is 12.5. The zero-order valence-corrected chi connectivity index (χ0v) is 16.9. The number of hydrogen-bond donors (Lipinski definition) is 1. The molecule has 0 amide bonds. The molecule has 2 aromatic carbocycles. The highest BCUT2D eigenvalue weighted by Crippen LogP contribution is 2.54. The number of cyclic esters (lactones) is 1. The lowest BCUT2D eigenvalue weighted by Gasteiger charge is -2.30. The minimum Gasteiger partial charge on any atom is -0.493 e. The van der Waals surface area contributed by atoms with Crippen LogP contribution < -0.4 is 23.7 Å². The van der Waals surface area contributed by atoms with E-state index in [2.05, 4.69) is 0 Å². The molecular formula is C22H22O8. The zero-order valence-electron chi connectivity index (χ0n) is 16.9. The van der Waals surface area contributed by atoms with E-state index < -0.39 is 12.0 Å². The van der Waals surface area contributed by atoms with Crippen LogP contribution in [0.4, 0.5) is 0 Å². The lowest BCUT2D eigenvalue weighted by molar-refractivity contribution is -0.141. The molecule has 3 aliphatic rings. The largest absolute Gasteiger partial charge is 0.493 e. The van der Waals surface area contributed by atoms with Crippen molar-refractivity contribution in [3.63, 3.8) is 0 Å². The number of carbonyl (C=O) groups is 1. The van der Waals surface area contributed by atoms with Crippen LogP contribution in [0.2, 0.25) is 0 Å². The van der Waals surface area contributed by atoms with Crippen molar-refractivity contribution in [1.82, 2.24) is 0 Å². The van der Waals surface area contributed by atoms with Crippen LogP contribution in [0.15, 0.2) is 18.2 Å². The minimum absolute atomic E-state index is 0.109. The number of aliphatic hydroxyl groups is 1. The lowest BCUT2D eigenvalue weighted by Crippen LogP contribution is -2.27. The predicted molar refractivity (Wildman–Crippen MR) is 104 cm³/mol. The summed E-state index contributed by atoms with van der Waals surface area (Å²) in [6.07, 6.45) is -0.544. The first kappa shape index (κ1) is 18.9. The molecule has 8 heteroatoms. The zero-order chi connectivity index (χ0) is 21.0. The fraction of sp³-hybridized carbons (Fsp3) is 0.409. The standard InChI is InChI=1S/C22H22O8/c1-25-17-5-10-4-13-14(8-28-22(13)24)19(23)12-7-16-15(29-9-30-16)6-11(12)18(10)21(27-3)20(17)26-2/h5-7,13-14,19,23H,4,8-9H2,1-3H3/t13-,14-,19-/m1/s1. The molecule has 5 rings (SSSR count).